The van der Waals surface area contributed by atoms with Gasteiger partial charge in [-0.05, 0) is 50.7 Å². The Bertz CT molecular complexity index is 941. The number of phenolic OH excluding ortho intramolecular Hbond substituents is 1. The van der Waals surface area contributed by atoms with E-state index in [1.54, 1.807) is 12.1 Å². The SMILES string of the molecule is C=CCc1cc(C2C3=C(CCCC3=O)N(CC)C3=C2C(=O)CCC3)cc(OC)c1O. The van der Waals surface area contributed by atoms with Crippen LogP contribution in [0.25, 0.3) is 0 Å². The Morgan fingerprint density at radius 1 is 1.10 bits per heavy atom. The summed E-state index contributed by atoms with van der Waals surface area (Å²) in [5, 5.41) is 10.6. The first-order valence-electron chi connectivity index (χ1n) is 10.8. The fraction of sp³-hybridized carbons (Fsp3) is 0.440. The summed E-state index contributed by atoms with van der Waals surface area (Å²) in [6, 6.07) is 3.69. The Morgan fingerprint density at radius 3 is 2.20 bits per heavy atom. The molecule has 0 unspecified atom stereocenters. The lowest BCUT2D eigenvalue weighted by Gasteiger charge is -2.43. The molecular formula is C25H29NO4. The van der Waals surface area contributed by atoms with Gasteiger partial charge >= 0.3 is 0 Å². The van der Waals surface area contributed by atoms with Crippen LogP contribution in [0.4, 0.5) is 0 Å². The van der Waals surface area contributed by atoms with E-state index in [1.807, 2.05) is 6.07 Å². The topological polar surface area (TPSA) is 66.8 Å². The number of rotatable bonds is 5. The van der Waals surface area contributed by atoms with E-state index in [-0.39, 0.29) is 17.3 Å². The normalized spacial score (nSPS) is 19.7. The number of carbonyl (C=O) groups is 2. The zero-order valence-electron chi connectivity index (χ0n) is 17.8. The Hall–Kier alpha value is -2.82. The van der Waals surface area contributed by atoms with Gasteiger partial charge in [-0.15, -0.1) is 6.58 Å². The quantitative estimate of drug-likeness (QED) is 0.725. The molecule has 1 N–H and O–H groups in total. The fourth-order valence-corrected chi connectivity index (χ4v) is 5.25. The van der Waals surface area contributed by atoms with E-state index in [0.717, 1.165) is 60.3 Å². The summed E-state index contributed by atoms with van der Waals surface area (Å²) in [4.78, 5) is 28.6. The van der Waals surface area contributed by atoms with Gasteiger partial charge in [-0.1, -0.05) is 12.1 Å². The molecular weight excluding hydrogens is 378 g/mol. The number of carbonyl (C=O) groups excluding carboxylic acids is 2. The van der Waals surface area contributed by atoms with Gasteiger partial charge in [-0.25, -0.2) is 0 Å². The monoisotopic (exact) mass is 407 g/mol. The van der Waals surface area contributed by atoms with Crippen molar-refractivity contribution >= 4 is 11.6 Å². The number of allylic oxidation sites excluding steroid dienone is 5. The molecule has 0 bridgehead atoms. The molecule has 0 radical (unpaired) electrons. The van der Waals surface area contributed by atoms with Gasteiger partial charge in [0.05, 0.1) is 7.11 Å². The first-order valence-corrected chi connectivity index (χ1v) is 10.8. The van der Waals surface area contributed by atoms with E-state index in [9.17, 15) is 14.7 Å². The summed E-state index contributed by atoms with van der Waals surface area (Å²) in [5.41, 5.74) is 5.19. The fourth-order valence-electron chi connectivity index (χ4n) is 5.25. The molecule has 0 fully saturated rings. The summed E-state index contributed by atoms with van der Waals surface area (Å²) in [7, 11) is 1.52. The minimum atomic E-state index is -0.392. The van der Waals surface area contributed by atoms with Crippen LogP contribution in [-0.4, -0.2) is 35.2 Å². The second-order valence-electron chi connectivity index (χ2n) is 8.18. The van der Waals surface area contributed by atoms with E-state index in [0.29, 0.717) is 30.6 Å². The van der Waals surface area contributed by atoms with Crippen LogP contribution in [0, 0.1) is 0 Å². The van der Waals surface area contributed by atoms with Crippen LogP contribution in [0.5, 0.6) is 11.5 Å². The maximum absolute atomic E-state index is 13.2. The Labute approximate surface area is 177 Å². The van der Waals surface area contributed by atoms with Crippen LogP contribution in [0.1, 0.15) is 62.5 Å². The molecule has 1 aromatic carbocycles. The summed E-state index contributed by atoms with van der Waals surface area (Å²) in [6.07, 6.45) is 6.62. The van der Waals surface area contributed by atoms with Crippen molar-refractivity contribution in [3.05, 3.63) is 58.5 Å². The average molecular weight is 408 g/mol. The minimum absolute atomic E-state index is 0.0838. The molecule has 0 spiro atoms. The predicted octanol–water partition coefficient (Wildman–Crippen LogP) is 4.56. The largest absolute Gasteiger partial charge is 0.504 e. The van der Waals surface area contributed by atoms with Crippen molar-refractivity contribution in [3.63, 3.8) is 0 Å². The molecule has 4 rings (SSSR count). The van der Waals surface area contributed by atoms with Crippen LogP contribution in [-0.2, 0) is 16.0 Å². The third-order valence-electron chi connectivity index (χ3n) is 6.50. The number of methoxy groups -OCH3 is 1. The van der Waals surface area contributed by atoms with Gasteiger partial charge in [-0.3, -0.25) is 9.59 Å². The van der Waals surface area contributed by atoms with Crippen LogP contribution < -0.4 is 4.74 Å². The first kappa shape index (κ1) is 20.5. The van der Waals surface area contributed by atoms with Crippen LogP contribution >= 0.6 is 0 Å². The lowest BCUT2D eigenvalue weighted by Crippen LogP contribution is -2.39. The van der Waals surface area contributed by atoms with Crippen molar-refractivity contribution in [2.24, 2.45) is 0 Å². The van der Waals surface area contributed by atoms with Crippen molar-refractivity contribution in [2.45, 2.75) is 57.8 Å². The van der Waals surface area contributed by atoms with E-state index in [2.05, 4.69) is 18.4 Å². The van der Waals surface area contributed by atoms with E-state index < -0.39 is 5.92 Å². The zero-order chi connectivity index (χ0) is 21.4. The summed E-state index contributed by atoms with van der Waals surface area (Å²) in [6.45, 7) is 6.62. The maximum atomic E-state index is 13.2. The Balaban J connectivity index is 1.99. The molecule has 0 amide bonds. The molecule has 3 aliphatic rings. The average Bonchev–Trinajstić information content (AvgIpc) is 2.74. The van der Waals surface area contributed by atoms with Crippen molar-refractivity contribution < 1.29 is 19.4 Å². The van der Waals surface area contributed by atoms with Gasteiger partial charge < -0.3 is 14.7 Å². The molecule has 0 aromatic heterocycles. The molecule has 1 aliphatic heterocycles. The number of nitrogens with zero attached hydrogens (tertiary/aromatic N) is 1. The van der Waals surface area contributed by atoms with Crippen LogP contribution in [0.3, 0.4) is 0 Å². The number of hydrogen-bond donors (Lipinski definition) is 1. The standard InChI is InChI=1S/C25H29NO4/c1-4-8-15-13-16(14-21(30-3)25(15)29)22-23-17(9-6-11-19(23)27)26(5-2)18-10-7-12-20(28)24(18)22/h4,13-14,22,29H,1,5-12H2,2-3H3. The third kappa shape index (κ3) is 3.17. The highest BCUT2D eigenvalue weighted by molar-refractivity contribution is 6.06. The van der Waals surface area contributed by atoms with E-state index in [1.165, 1.54) is 7.11 Å². The minimum Gasteiger partial charge on any atom is -0.504 e. The lowest BCUT2D eigenvalue weighted by molar-refractivity contribution is -0.117. The van der Waals surface area contributed by atoms with Gasteiger partial charge in [0, 0.05) is 53.4 Å². The van der Waals surface area contributed by atoms with Crippen LogP contribution in [0.15, 0.2) is 47.3 Å². The summed E-state index contributed by atoms with van der Waals surface area (Å²) in [5.74, 6) is 0.305. The van der Waals surface area contributed by atoms with Gasteiger partial charge in [-0.2, -0.15) is 0 Å². The summed E-state index contributed by atoms with van der Waals surface area (Å²) >= 11 is 0. The number of benzene rings is 1. The number of hydrogen-bond acceptors (Lipinski definition) is 5. The molecule has 5 heteroatoms. The first-order chi connectivity index (χ1) is 14.5. The highest BCUT2D eigenvalue weighted by Gasteiger charge is 2.43. The molecule has 2 aliphatic carbocycles. The van der Waals surface area contributed by atoms with E-state index in [4.69, 9.17) is 4.74 Å². The molecule has 1 aromatic rings. The number of Topliss-reactive ketones (excluding diaryl/α,β-unsaturated/α-hetero) is 2. The zero-order valence-corrected chi connectivity index (χ0v) is 17.8. The van der Waals surface area contributed by atoms with Gasteiger partial charge in [0.25, 0.3) is 0 Å². The number of aromatic hydroxyl groups is 1. The second kappa shape index (κ2) is 8.13. The summed E-state index contributed by atoms with van der Waals surface area (Å²) < 4.78 is 5.43. The number of ketones is 2. The van der Waals surface area contributed by atoms with Gasteiger partial charge in [0.2, 0.25) is 0 Å². The number of ether oxygens (including phenoxy) is 1. The predicted molar refractivity (Wildman–Crippen MR) is 115 cm³/mol. The van der Waals surface area contributed by atoms with Crippen LogP contribution in [0.2, 0.25) is 0 Å². The Morgan fingerprint density at radius 2 is 1.70 bits per heavy atom. The van der Waals surface area contributed by atoms with Crippen molar-refractivity contribution in [2.75, 3.05) is 13.7 Å². The highest BCUT2D eigenvalue weighted by Crippen LogP contribution is 2.50. The van der Waals surface area contributed by atoms with E-state index >= 15 is 0 Å². The molecule has 0 saturated carbocycles. The second-order valence-corrected chi connectivity index (χ2v) is 8.18. The molecule has 1 heterocycles. The van der Waals surface area contributed by atoms with Crippen molar-refractivity contribution in [3.8, 4) is 11.5 Å². The van der Waals surface area contributed by atoms with Gasteiger partial charge in [0.15, 0.2) is 23.1 Å². The molecule has 30 heavy (non-hydrogen) atoms. The molecule has 0 atom stereocenters. The Kier molecular flexibility index (Phi) is 5.54. The number of phenols is 1. The molecule has 0 saturated heterocycles. The third-order valence-corrected chi connectivity index (χ3v) is 6.50. The maximum Gasteiger partial charge on any atom is 0.161 e. The molecule has 5 nitrogen and oxygen atoms in total. The smallest absolute Gasteiger partial charge is 0.161 e. The lowest BCUT2D eigenvalue weighted by atomic mass is 9.70. The van der Waals surface area contributed by atoms with Crippen molar-refractivity contribution in [1.82, 2.24) is 4.90 Å². The highest BCUT2D eigenvalue weighted by atomic mass is 16.5. The molecule has 158 valence electrons. The van der Waals surface area contributed by atoms with Gasteiger partial charge in [0.1, 0.15) is 0 Å². The van der Waals surface area contributed by atoms with Crippen molar-refractivity contribution in [1.29, 1.82) is 0 Å².